The zero-order chi connectivity index (χ0) is 22.8. The first-order valence-electron chi connectivity index (χ1n) is 9.45. The highest BCUT2D eigenvalue weighted by atomic mass is 79.9. The molecule has 0 saturated carbocycles. The van der Waals surface area contributed by atoms with Gasteiger partial charge in [-0.25, -0.2) is 4.79 Å². The van der Waals surface area contributed by atoms with Crippen LogP contribution in [0, 0.1) is 0 Å². The number of rotatable bonds is 7. The zero-order valence-corrected chi connectivity index (χ0v) is 18.4. The van der Waals surface area contributed by atoms with Crippen molar-refractivity contribution in [3.8, 4) is 5.75 Å². The molecular weight excluding hydrogens is 482 g/mol. The highest BCUT2D eigenvalue weighted by Gasteiger charge is 2.36. The van der Waals surface area contributed by atoms with Crippen molar-refractivity contribution in [1.82, 2.24) is 4.90 Å². The Hall–Kier alpha value is -3.72. The molecule has 8 nitrogen and oxygen atoms in total. The van der Waals surface area contributed by atoms with Crippen molar-refractivity contribution >= 4 is 39.5 Å². The van der Waals surface area contributed by atoms with Gasteiger partial charge in [0.05, 0.1) is 41.1 Å². The van der Waals surface area contributed by atoms with Gasteiger partial charge >= 0.3 is 5.97 Å². The lowest BCUT2D eigenvalue weighted by atomic mass is 10.1. The summed E-state index contributed by atoms with van der Waals surface area (Å²) in [4.78, 5) is 51.1. The van der Waals surface area contributed by atoms with Crippen molar-refractivity contribution in [2.45, 2.75) is 6.54 Å². The predicted molar refractivity (Wildman–Crippen MR) is 115 cm³/mol. The van der Waals surface area contributed by atoms with E-state index in [-0.39, 0.29) is 23.2 Å². The van der Waals surface area contributed by atoms with Gasteiger partial charge < -0.3 is 13.9 Å². The number of fused-ring (bicyclic) bond motifs is 1. The second-order valence-corrected chi connectivity index (χ2v) is 7.74. The molecule has 1 aliphatic heterocycles. The van der Waals surface area contributed by atoms with Crippen LogP contribution in [-0.2, 0) is 11.3 Å². The summed E-state index contributed by atoms with van der Waals surface area (Å²) >= 11 is 3.30. The number of halogens is 1. The number of ether oxygens (including phenoxy) is 2. The molecule has 0 aliphatic carbocycles. The number of carbonyl (C=O) groups is 4. The standard InChI is InChI=1S/C23H16BrNO7/c1-30-20-7-5-13(10-18(20)24)19(26)12-32-23(29)14-4-6-16-17(9-14)22(28)25(21(16)27)11-15-3-2-8-31-15/h2-10H,11-12H2,1H3. The molecule has 0 bridgehead atoms. The summed E-state index contributed by atoms with van der Waals surface area (Å²) in [5.41, 5.74) is 0.695. The summed E-state index contributed by atoms with van der Waals surface area (Å²) < 4.78 is 16.0. The Kier molecular flexibility index (Phi) is 5.91. The molecule has 1 aromatic heterocycles. The molecule has 3 aromatic rings. The lowest BCUT2D eigenvalue weighted by Gasteiger charge is -2.11. The van der Waals surface area contributed by atoms with Gasteiger partial charge in [0.2, 0.25) is 0 Å². The third-order valence-electron chi connectivity index (χ3n) is 4.91. The molecular formula is C23H16BrNO7. The van der Waals surface area contributed by atoms with Crippen molar-refractivity contribution in [3.05, 3.63) is 87.3 Å². The molecule has 0 atom stereocenters. The van der Waals surface area contributed by atoms with E-state index in [1.807, 2.05) is 0 Å². The maximum Gasteiger partial charge on any atom is 0.338 e. The summed E-state index contributed by atoms with van der Waals surface area (Å²) in [6.07, 6.45) is 1.45. The van der Waals surface area contributed by atoms with Gasteiger partial charge in [-0.1, -0.05) is 0 Å². The number of esters is 1. The summed E-state index contributed by atoms with van der Waals surface area (Å²) in [7, 11) is 1.51. The molecule has 2 amide bonds. The van der Waals surface area contributed by atoms with E-state index in [2.05, 4.69) is 15.9 Å². The summed E-state index contributed by atoms with van der Waals surface area (Å²) in [6.45, 7) is -0.489. The Morgan fingerprint density at radius 3 is 2.44 bits per heavy atom. The Bertz CT molecular complexity index is 1230. The molecule has 0 fully saturated rings. The van der Waals surface area contributed by atoms with Gasteiger partial charge in [0.25, 0.3) is 11.8 Å². The van der Waals surface area contributed by atoms with E-state index in [4.69, 9.17) is 13.9 Å². The molecule has 2 heterocycles. The molecule has 0 unspecified atom stereocenters. The van der Waals surface area contributed by atoms with Crippen molar-refractivity contribution in [3.63, 3.8) is 0 Å². The first-order valence-corrected chi connectivity index (χ1v) is 10.2. The van der Waals surface area contributed by atoms with Crippen LogP contribution >= 0.6 is 15.9 Å². The highest BCUT2D eigenvalue weighted by molar-refractivity contribution is 9.10. The predicted octanol–water partition coefficient (Wildman–Crippen LogP) is 3.89. The Balaban J connectivity index is 1.44. The summed E-state index contributed by atoms with van der Waals surface area (Å²) in [6, 6.07) is 12.2. The average molecular weight is 498 g/mol. The van der Waals surface area contributed by atoms with Crippen LogP contribution in [0.4, 0.5) is 0 Å². The normalized spacial score (nSPS) is 12.6. The van der Waals surface area contributed by atoms with Crippen LogP contribution in [0.25, 0.3) is 0 Å². The fourth-order valence-electron chi connectivity index (χ4n) is 3.26. The van der Waals surface area contributed by atoms with Crippen molar-refractivity contribution in [2.24, 2.45) is 0 Å². The Morgan fingerprint density at radius 1 is 1.00 bits per heavy atom. The van der Waals surface area contributed by atoms with Crippen LogP contribution in [0.15, 0.2) is 63.7 Å². The smallest absolute Gasteiger partial charge is 0.338 e. The number of benzene rings is 2. The van der Waals surface area contributed by atoms with Crippen LogP contribution in [0.3, 0.4) is 0 Å². The Morgan fingerprint density at radius 2 is 1.75 bits per heavy atom. The minimum absolute atomic E-state index is 0.00888. The molecule has 2 aromatic carbocycles. The average Bonchev–Trinajstić information content (AvgIpc) is 3.40. The van der Waals surface area contributed by atoms with Crippen LogP contribution in [0.1, 0.15) is 47.2 Å². The van der Waals surface area contributed by atoms with Gasteiger partial charge in [0.15, 0.2) is 12.4 Å². The van der Waals surface area contributed by atoms with Crippen molar-refractivity contribution in [2.75, 3.05) is 13.7 Å². The van der Waals surface area contributed by atoms with Gasteiger partial charge in [-0.3, -0.25) is 19.3 Å². The lowest BCUT2D eigenvalue weighted by Crippen LogP contribution is -2.28. The van der Waals surface area contributed by atoms with Crippen LogP contribution in [0.5, 0.6) is 5.75 Å². The molecule has 9 heteroatoms. The van der Waals surface area contributed by atoms with E-state index < -0.39 is 30.2 Å². The maximum atomic E-state index is 12.7. The Labute approximate surface area is 190 Å². The van der Waals surface area contributed by atoms with Gasteiger partial charge in [0, 0.05) is 5.56 Å². The minimum atomic E-state index is -0.779. The number of amides is 2. The quantitative estimate of drug-likeness (QED) is 0.277. The lowest BCUT2D eigenvalue weighted by molar-refractivity contribution is 0.0474. The number of nitrogens with zero attached hydrogens (tertiary/aromatic N) is 1. The molecule has 32 heavy (non-hydrogen) atoms. The first-order chi connectivity index (χ1) is 15.4. The fourth-order valence-corrected chi connectivity index (χ4v) is 3.80. The molecule has 4 rings (SSSR count). The molecule has 0 saturated heterocycles. The van der Waals surface area contributed by atoms with Crippen LogP contribution in [0.2, 0.25) is 0 Å². The minimum Gasteiger partial charge on any atom is -0.496 e. The summed E-state index contributed by atoms with van der Waals surface area (Å²) in [5, 5.41) is 0. The molecule has 162 valence electrons. The van der Waals surface area contributed by atoms with Gasteiger partial charge in [-0.15, -0.1) is 0 Å². The number of carbonyl (C=O) groups excluding carboxylic acids is 4. The third kappa shape index (κ3) is 4.06. The first kappa shape index (κ1) is 21.5. The zero-order valence-electron chi connectivity index (χ0n) is 16.8. The third-order valence-corrected chi connectivity index (χ3v) is 5.53. The number of hydrogen-bond acceptors (Lipinski definition) is 7. The highest BCUT2D eigenvalue weighted by Crippen LogP contribution is 2.27. The topological polar surface area (TPSA) is 103 Å². The molecule has 0 spiro atoms. The van der Waals surface area contributed by atoms with E-state index in [0.29, 0.717) is 21.5 Å². The number of furan rings is 1. The number of hydrogen-bond donors (Lipinski definition) is 0. The SMILES string of the molecule is COc1ccc(C(=O)COC(=O)c2ccc3c(c2)C(=O)N(Cc2ccco2)C3=O)cc1Br. The largest absolute Gasteiger partial charge is 0.496 e. The van der Waals surface area contributed by atoms with E-state index in [0.717, 1.165) is 4.90 Å². The number of imide groups is 1. The number of Topliss-reactive ketones (excluding diaryl/α,β-unsaturated/α-hetero) is 1. The maximum absolute atomic E-state index is 12.7. The van der Waals surface area contributed by atoms with E-state index in [1.54, 1.807) is 30.3 Å². The van der Waals surface area contributed by atoms with Gasteiger partial charge in [-0.05, 0) is 64.5 Å². The van der Waals surface area contributed by atoms with E-state index >= 15 is 0 Å². The van der Waals surface area contributed by atoms with Gasteiger partial charge in [-0.2, -0.15) is 0 Å². The van der Waals surface area contributed by atoms with Crippen molar-refractivity contribution in [1.29, 1.82) is 0 Å². The molecule has 1 aliphatic rings. The van der Waals surface area contributed by atoms with Gasteiger partial charge in [0.1, 0.15) is 11.5 Å². The van der Waals surface area contributed by atoms with Crippen molar-refractivity contribution < 1.29 is 33.1 Å². The monoisotopic (exact) mass is 497 g/mol. The van der Waals surface area contributed by atoms with E-state index in [1.165, 1.54) is 31.6 Å². The van der Waals surface area contributed by atoms with E-state index in [9.17, 15) is 19.2 Å². The molecule has 0 N–H and O–H groups in total. The number of methoxy groups -OCH3 is 1. The fraction of sp³-hybridized carbons (Fsp3) is 0.130. The number of ketones is 1. The van der Waals surface area contributed by atoms with Crippen LogP contribution in [-0.4, -0.2) is 42.2 Å². The second kappa shape index (κ2) is 8.80. The molecule has 0 radical (unpaired) electrons. The second-order valence-electron chi connectivity index (χ2n) is 6.88. The summed E-state index contributed by atoms with van der Waals surface area (Å²) in [5.74, 6) is -1.16. The van der Waals surface area contributed by atoms with Crippen LogP contribution < -0.4 is 4.74 Å².